The van der Waals surface area contributed by atoms with Gasteiger partial charge in [0.05, 0.1) is 17.1 Å². The smallest absolute Gasteiger partial charge is 0.290 e. The second-order valence-electron chi connectivity index (χ2n) is 7.16. The highest BCUT2D eigenvalue weighted by molar-refractivity contribution is 9.10. The van der Waals surface area contributed by atoms with Gasteiger partial charge in [-0.05, 0) is 65.4 Å². The maximum atomic E-state index is 12.9. The topological polar surface area (TPSA) is 59.0 Å². The molecule has 1 fully saturated rings. The van der Waals surface area contributed by atoms with Crippen LogP contribution in [0.2, 0.25) is 0 Å². The molecule has 2 aliphatic carbocycles. The van der Waals surface area contributed by atoms with Crippen LogP contribution >= 0.6 is 15.9 Å². The summed E-state index contributed by atoms with van der Waals surface area (Å²) >= 11 is 3.63. The van der Waals surface area contributed by atoms with Crippen molar-refractivity contribution in [3.05, 3.63) is 76.0 Å². The Labute approximate surface area is 165 Å². The minimum atomic E-state index is -0.187. The molecule has 2 unspecified atom stereocenters. The highest BCUT2D eigenvalue weighted by atomic mass is 79.9. The SMILES string of the molecule is O=C(NNc1ccccc1)c1nn(-c2ccccc2Br)c2c1C1CCC2C1. The average Bonchev–Trinajstić information content (AvgIpc) is 3.40. The van der Waals surface area contributed by atoms with Gasteiger partial charge < -0.3 is 0 Å². The third-order valence-corrected chi connectivity index (χ3v) is 6.25. The third kappa shape index (κ3) is 2.75. The van der Waals surface area contributed by atoms with Crippen LogP contribution in [0, 0.1) is 0 Å². The van der Waals surface area contributed by atoms with Gasteiger partial charge in [0.1, 0.15) is 0 Å². The number of para-hydroxylation sites is 2. The van der Waals surface area contributed by atoms with E-state index in [4.69, 9.17) is 5.10 Å². The molecule has 0 radical (unpaired) electrons. The van der Waals surface area contributed by atoms with Crippen LogP contribution in [-0.4, -0.2) is 15.7 Å². The van der Waals surface area contributed by atoms with Crippen molar-refractivity contribution in [2.45, 2.75) is 31.1 Å². The van der Waals surface area contributed by atoms with E-state index < -0.39 is 0 Å². The van der Waals surface area contributed by atoms with Crippen LogP contribution in [-0.2, 0) is 0 Å². The second-order valence-corrected chi connectivity index (χ2v) is 8.02. The summed E-state index contributed by atoms with van der Waals surface area (Å²) < 4.78 is 2.95. The summed E-state index contributed by atoms with van der Waals surface area (Å²) in [6, 6.07) is 17.6. The molecule has 1 saturated carbocycles. The number of halogens is 1. The molecule has 27 heavy (non-hydrogen) atoms. The van der Waals surface area contributed by atoms with Crippen LogP contribution in [0.1, 0.15) is 52.8 Å². The molecule has 3 aromatic rings. The second kappa shape index (κ2) is 6.53. The number of amides is 1. The van der Waals surface area contributed by atoms with Gasteiger partial charge in [-0.2, -0.15) is 5.10 Å². The molecule has 1 aromatic heterocycles. The molecule has 2 atom stereocenters. The summed E-state index contributed by atoms with van der Waals surface area (Å²) in [5.74, 6) is 0.750. The zero-order valence-electron chi connectivity index (χ0n) is 14.7. The number of rotatable bonds is 4. The number of carbonyl (C=O) groups excluding carboxylic acids is 1. The maximum Gasteiger partial charge on any atom is 0.290 e. The number of hydrogen-bond acceptors (Lipinski definition) is 3. The number of nitrogens with zero attached hydrogens (tertiary/aromatic N) is 2. The molecule has 0 saturated heterocycles. The standard InChI is InChI=1S/C21H19BrN4O/c22-16-8-4-5-9-17(16)26-20-14-11-10-13(12-14)18(20)19(25-26)21(27)24-23-15-6-2-1-3-7-15/h1-9,13-14,23H,10-12H2,(H,24,27). The predicted octanol–water partition coefficient (Wildman–Crippen LogP) is 4.76. The lowest BCUT2D eigenvalue weighted by atomic mass is 9.95. The van der Waals surface area contributed by atoms with Crippen molar-refractivity contribution < 1.29 is 4.79 Å². The average molecular weight is 423 g/mol. The Morgan fingerprint density at radius 1 is 1.04 bits per heavy atom. The Morgan fingerprint density at radius 3 is 2.59 bits per heavy atom. The van der Waals surface area contributed by atoms with Crippen LogP contribution < -0.4 is 10.9 Å². The van der Waals surface area contributed by atoms with E-state index in [1.54, 1.807) is 0 Å². The van der Waals surface area contributed by atoms with Crippen LogP contribution in [0.3, 0.4) is 0 Å². The lowest BCUT2D eigenvalue weighted by Crippen LogP contribution is -2.30. The highest BCUT2D eigenvalue weighted by Crippen LogP contribution is 2.54. The Kier molecular flexibility index (Phi) is 4.01. The van der Waals surface area contributed by atoms with Crippen LogP contribution in [0.15, 0.2) is 59.1 Å². The Hall–Kier alpha value is -2.60. The van der Waals surface area contributed by atoms with Gasteiger partial charge in [-0.3, -0.25) is 15.6 Å². The number of carbonyl (C=O) groups is 1. The summed E-state index contributed by atoms with van der Waals surface area (Å²) in [6.45, 7) is 0. The van der Waals surface area contributed by atoms with E-state index >= 15 is 0 Å². The van der Waals surface area contributed by atoms with Gasteiger partial charge in [-0.25, -0.2) is 4.68 Å². The number of benzene rings is 2. The molecule has 2 bridgehead atoms. The number of aromatic nitrogens is 2. The molecule has 0 aliphatic heterocycles. The first-order valence-electron chi connectivity index (χ1n) is 9.21. The quantitative estimate of drug-likeness (QED) is 0.596. The summed E-state index contributed by atoms with van der Waals surface area (Å²) in [7, 11) is 0. The minimum Gasteiger partial charge on any atom is -0.298 e. The number of nitrogens with one attached hydrogen (secondary N) is 2. The van der Waals surface area contributed by atoms with Crippen LogP contribution in [0.4, 0.5) is 5.69 Å². The van der Waals surface area contributed by atoms with E-state index in [1.165, 1.54) is 12.1 Å². The molecule has 2 N–H and O–H groups in total. The molecule has 1 amide bonds. The first-order chi connectivity index (χ1) is 13.2. The van der Waals surface area contributed by atoms with Gasteiger partial charge in [-0.15, -0.1) is 0 Å². The molecule has 2 aromatic carbocycles. The molecular formula is C21H19BrN4O. The van der Waals surface area contributed by atoms with Gasteiger partial charge in [0.25, 0.3) is 5.91 Å². The van der Waals surface area contributed by atoms with Gasteiger partial charge in [0.15, 0.2) is 5.69 Å². The Balaban J connectivity index is 1.52. The van der Waals surface area contributed by atoms with Gasteiger partial charge in [0.2, 0.25) is 0 Å². The monoisotopic (exact) mass is 422 g/mol. The van der Waals surface area contributed by atoms with E-state index in [2.05, 4.69) is 26.8 Å². The van der Waals surface area contributed by atoms with E-state index in [9.17, 15) is 4.79 Å². The number of hydrogen-bond donors (Lipinski definition) is 2. The molecule has 0 spiro atoms. The fourth-order valence-corrected chi connectivity index (χ4v) is 4.87. The summed E-state index contributed by atoms with van der Waals surface area (Å²) in [6.07, 6.45) is 3.45. The molecule has 6 heteroatoms. The van der Waals surface area contributed by atoms with Crippen molar-refractivity contribution >= 4 is 27.5 Å². The first kappa shape index (κ1) is 16.6. The van der Waals surface area contributed by atoms with Crippen molar-refractivity contribution in [2.24, 2.45) is 0 Å². The zero-order valence-corrected chi connectivity index (χ0v) is 16.2. The molecule has 5 nitrogen and oxygen atoms in total. The van der Waals surface area contributed by atoms with Crippen molar-refractivity contribution in [3.8, 4) is 5.69 Å². The number of anilines is 1. The zero-order chi connectivity index (χ0) is 18.4. The van der Waals surface area contributed by atoms with E-state index in [-0.39, 0.29) is 5.91 Å². The third-order valence-electron chi connectivity index (χ3n) is 5.58. The Bertz CT molecular complexity index is 1010. The van der Waals surface area contributed by atoms with E-state index in [0.717, 1.165) is 34.3 Å². The van der Waals surface area contributed by atoms with Crippen molar-refractivity contribution in [1.29, 1.82) is 0 Å². The normalized spacial score (nSPS) is 19.7. The fourth-order valence-electron chi connectivity index (χ4n) is 4.42. The summed E-state index contributed by atoms with van der Waals surface area (Å²) in [5, 5.41) is 4.75. The lowest BCUT2D eigenvalue weighted by Gasteiger charge is -2.14. The molecule has 1 heterocycles. The van der Waals surface area contributed by atoms with Gasteiger partial charge >= 0.3 is 0 Å². The summed E-state index contributed by atoms with van der Waals surface area (Å²) in [4.78, 5) is 12.9. The highest BCUT2D eigenvalue weighted by Gasteiger charge is 2.44. The largest absolute Gasteiger partial charge is 0.298 e. The van der Waals surface area contributed by atoms with Crippen LogP contribution in [0.5, 0.6) is 0 Å². The fraction of sp³-hybridized carbons (Fsp3) is 0.238. The maximum absolute atomic E-state index is 12.9. The van der Waals surface area contributed by atoms with Crippen LogP contribution in [0.25, 0.3) is 5.69 Å². The Morgan fingerprint density at radius 2 is 1.78 bits per heavy atom. The lowest BCUT2D eigenvalue weighted by molar-refractivity contribution is 0.0956. The molecule has 5 rings (SSSR count). The predicted molar refractivity (Wildman–Crippen MR) is 108 cm³/mol. The summed E-state index contributed by atoms with van der Waals surface area (Å²) in [5.41, 5.74) is 10.5. The molecule has 2 aliphatic rings. The van der Waals surface area contributed by atoms with E-state index in [0.29, 0.717) is 17.5 Å². The van der Waals surface area contributed by atoms with Gasteiger partial charge in [0, 0.05) is 16.0 Å². The molecular weight excluding hydrogens is 404 g/mol. The number of hydrazine groups is 1. The first-order valence-corrected chi connectivity index (χ1v) is 10.0. The van der Waals surface area contributed by atoms with Gasteiger partial charge in [-0.1, -0.05) is 30.3 Å². The molecule has 136 valence electrons. The van der Waals surface area contributed by atoms with Crippen molar-refractivity contribution in [3.63, 3.8) is 0 Å². The number of fused-ring (bicyclic) bond motifs is 5. The van der Waals surface area contributed by atoms with Crippen molar-refractivity contribution in [1.82, 2.24) is 15.2 Å². The van der Waals surface area contributed by atoms with Crippen molar-refractivity contribution in [2.75, 3.05) is 5.43 Å². The van der Waals surface area contributed by atoms with E-state index in [1.807, 2.05) is 59.3 Å². The minimum absolute atomic E-state index is 0.187.